The molecule has 0 radical (unpaired) electrons. The summed E-state index contributed by atoms with van der Waals surface area (Å²) in [5.41, 5.74) is 10.9. The van der Waals surface area contributed by atoms with Gasteiger partial charge in [0, 0.05) is 37.5 Å². The van der Waals surface area contributed by atoms with Gasteiger partial charge in [0.15, 0.2) is 0 Å². The lowest BCUT2D eigenvalue weighted by atomic mass is 9.97. The number of aryl methyl sites for hydroxylation is 2. The van der Waals surface area contributed by atoms with E-state index in [4.69, 9.17) is 5.73 Å². The minimum absolute atomic E-state index is 0.0873. The van der Waals surface area contributed by atoms with Gasteiger partial charge >= 0.3 is 0 Å². The Morgan fingerprint density at radius 1 is 1.42 bits per heavy atom. The molecule has 0 saturated carbocycles. The van der Waals surface area contributed by atoms with E-state index in [9.17, 15) is 4.79 Å². The zero-order valence-electron chi connectivity index (χ0n) is 10.8. The van der Waals surface area contributed by atoms with Gasteiger partial charge in [-0.1, -0.05) is 6.07 Å². The standard InChI is InChI=1S/C14H16N4O/c1-18-8-11(13(7-15)17-18)9-2-4-12-10(6-9)3-5-14(19)16-12/h2,4,6,8H,3,5,7,15H2,1H3,(H,16,19). The van der Waals surface area contributed by atoms with Gasteiger partial charge < -0.3 is 11.1 Å². The summed E-state index contributed by atoms with van der Waals surface area (Å²) in [5, 5.41) is 7.24. The number of rotatable bonds is 2. The van der Waals surface area contributed by atoms with Crippen molar-refractivity contribution in [1.82, 2.24) is 9.78 Å². The highest BCUT2D eigenvalue weighted by atomic mass is 16.1. The lowest BCUT2D eigenvalue weighted by Gasteiger charge is -2.17. The van der Waals surface area contributed by atoms with Crippen LogP contribution >= 0.6 is 0 Å². The van der Waals surface area contributed by atoms with Crippen LogP contribution in [0.15, 0.2) is 24.4 Å². The maximum Gasteiger partial charge on any atom is 0.224 e. The lowest BCUT2D eigenvalue weighted by Crippen LogP contribution is -2.18. The molecule has 98 valence electrons. The van der Waals surface area contributed by atoms with E-state index in [2.05, 4.69) is 16.5 Å². The first-order valence-corrected chi connectivity index (χ1v) is 6.33. The normalized spacial score (nSPS) is 14.1. The smallest absolute Gasteiger partial charge is 0.224 e. The Hall–Kier alpha value is -2.14. The fourth-order valence-electron chi connectivity index (χ4n) is 2.48. The summed E-state index contributed by atoms with van der Waals surface area (Å²) >= 11 is 0. The van der Waals surface area contributed by atoms with Crippen LogP contribution in [0.4, 0.5) is 5.69 Å². The Labute approximate surface area is 111 Å². The molecule has 5 heteroatoms. The number of aromatic nitrogens is 2. The minimum Gasteiger partial charge on any atom is -0.326 e. The predicted octanol–water partition coefficient (Wildman–Crippen LogP) is 1.43. The highest BCUT2D eigenvalue weighted by Crippen LogP contribution is 2.30. The molecule has 2 heterocycles. The number of fused-ring (bicyclic) bond motifs is 1. The molecule has 1 aromatic heterocycles. The molecule has 1 aliphatic rings. The molecule has 1 aliphatic heterocycles. The third-order valence-corrected chi connectivity index (χ3v) is 3.41. The second kappa shape index (κ2) is 4.51. The molecule has 1 aromatic carbocycles. The van der Waals surface area contributed by atoms with Crippen molar-refractivity contribution < 1.29 is 4.79 Å². The third-order valence-electron chi connectivity index (χ3n) is 3.41. The van der Waals surface area contributed by atoms with Gasteiger partial charge in [0.05, 0.1) is 5.69 Å². The average molecular weight is 256 g/mol. The number of anilines is 1. The highest BCUT2D eigenvalue weighted by molar-refractivity contribution is 5.94. The lowest BCUT2D eigenvalue weighted by molar-refractivity contribution is -0.116. The first kappa shape index (κ1) is 11.9. The number of nitrogens with two attached hydrogens (primary N) is 1. The van der Waals surface area contributed by atoms with Crippen LogP contribution in [0, 0.1) is 0 Å². The third kappa shape index (κ3) is 2.13. The molecule has 3 rings (SSSR count). The molecule has 0 aliphatic carbocycles. The molecule has 0 bridgehead atoms. The van der Waals surface area contributed by atoms with E-state index in [0.717, 1.165) is 28.9 Å². The average Bonchev–Trinajstić information content (AvgIpc) is 2.79. The van der Waals surface area contributed by atoms with E-state index in [-0.39, 0.29) is 5.91 Å². The maximum absolute atomic E-state index is 11.3. The maximum atomic E-state index is 11.3. The van der Waals surface area contributed by atoms with Gasteiger partial charge in [0.1, 0.15) is 0 Å². The van der Waals surface area contributed by atoms with Crippen LogP contribution in [0.25, 0.3) is 11.1 Å². The molecule has 0 fully saturated rings. The summed E-state index contributed by atoms with van der Waals surface area (Å²) in [6, 6.07) is 6.07. The van der Waals surface area contributed by atoms with Crippen molar-refractivity contribution in [2.75, 3.05) is 5.32 Å². The number of carbonyl (C=O) groups excluding carboxylic acids is 1. The van der Waals surface area contributed by atoms with Gasteiger partial charge in [-0.05, 0) is 29.7 Å². The van der Waals surface area contributed by atoms with Gasteiger partial charge in [-0.3, -0.25) is 9.48 Å². The molecule has 19 heavy (non-hydrogen) atoms. The van der Waals surface area contributed by atoms with Crippen LogP contribution in [-0.4, -0.2) is 15.7 Å². The fraction of sp³-hybridized carbons (Fsp3) is 0.286. The van der Waals surface area contributed by atoms with Crippen molar-refractivity contribution in [3.8, 4) is 11.1 Å². The van der Waals surface area contributed by atoms with E-state index >= 15 is 0 Å². The molecular formula is C14H16N4O. The molecule has 0 atom stereocenters. The number of hydrogen-bond acceptors (Lipinski definition) is 3. The summed E-state index contributed by atoms with van der Waals surface area (Å²) < 4.78 is 1.78. The topological polar surface area (TPSA) is 72.9 Å². The van der Waals surface area contributed by atoms with Crippen molar-refractivity contribution >= 4 is 11.6 Å². The summed E-state index contributed by atoms with van der Waals surface area (Å²) in [6.07, 6.45) is 3.31. The monoisotopic (exact) mass is 256 g/mol. The van der Waals surface area contributed by atoms with Crippen molar-refractivity contribution in [2.24, 2.45) is 12.8 Å². The predicted molar refractivity (Wildman–Crippen MR) is 73.5 cm³/mol. The van der Waals surface area contributed by atoms with Crippen molar-refractivity contribution in [2.45, 2.75) is 19.4 Å². The molecule has 3 N–H and O–H groups in total. The second-order valence-corrected chi connectivity index (χ2v) is 4.79. The Kier molecular flexibility index (Phi) is 2.83. The van der Waals surface area contributed by atoms with E-state index < -0.39 is 0 Å². The quantitative estimate of drug-likeness (QED) is 0.853. The van der Waals surface area contributed by atoms with Crippen LogP contribution in [0.1, 0.15) is 17.7 Å². The summed E-state index contributed by atoms with van der Waals surface area (Å²) in [4.78, 5) is 11.3. The SMILES string of the molecule is Cn1cc(-c2ccc3c(c2)CCC(=O)N3)c(CN)n1. The number of nitrogens with zero attached hydrogens (tertiary/aromatic N) is 2. The Morgan fingerprint density at radius 3 is 3.05 bits per heavy atom. The Morgan fingerprint density at radius 2 is 2.26 bits per heavy atom. The first-order valence-electron chi connectivity index (χ1n) is 6.33. The molecule has 0 unspecified atom stereocenters. The molecule has 1 amide bonds. The second-order valence-electron chi connectivity index (χ2n) is 4.79. The zero-order chi connectivity index (χ0) is 13.4. The van der Waals surface area contributed by atoms with Crippen LogP contribution < -0.4 is 11.1 Å². The summed E-state index contributed by atoms with van der Waals surface area (Å²) in [6.45, 7) is 0.421. The van der Waals surface area contributed by atoms with Crippen LogP contribution in [0.5, 0.6) is 0 Å². The molecule has 0 spiro atoms. The van der Waals surface area contributed by atoms with Crippen molar-refractivity contribution in [3.05, 3.63) is 35.7 Å². The molecule has 5 nitrogen and oxygen atoms in total. The first-order chi connectivity index (χ1) is 9.17. The van der Waals surface area contributed by atoms with Crippen molar-refractivity contribution in [1.29, 1.82) is 0 Å². The van der Waals surface area contributed by atoms with Crippen LogP contribution in [0.3, 0.4) is 0 Å². The highest BCUT2D eigenvalue weighted by Gasteiger charge is 2.16. The summed E-state index contributed by atoms with van der Waals surface area (Å²) in [7, 11) is 1.89. The number of hydrogen-bond donors (Lipinski definition) is 2. The van der Waals surface area contributed by atoms with E-state index in [1.807, 2.05) is 25.4 Å². The van der Waals surface area contributed by atoms with Gasteiger partial charge in [-0.25, -0.2) is 0 Å². The molecular weight excluding hydrogens is 240 g/mol. The fourth-order valence-corrected chi connectivity index (χ4v) is 2.48. The molecule has 2 aromatic rings. The Balaban J connectivity index is 2.04. The summed E-state index contributed by atoms with van der Waals surface area (Å²) in [5.74, 6) is 0.0873. The van der Waals surface area contributed by atoms with E-state index in [1.165, 1.54) is 5.56 Å². The molecule has 0 saturated heterocycles. The van der Waals surface area contributed by atoms with Gasteiger partial charge in [-0.15, -0.1) is 0 Å². The van der Waals surface area contributed by atoms with Crippen LogP contribution in [0.2, 0.25) is 0 Å². The van der Waals surface area contributed by atoms with Crippen molar-refractivity contribution in [3.63, 3.8) is 0 Å². The van der Waals surface area contributed by atoms with Crippen LogP contribution in [-0.2, 0) is 24.8 Å². The van der Waals surface area contributed by atoms with Gasteiger partial charge in [-0.2, -0.15) is 5.10 Å². The zero-order valence-corrected chi connectivity index (χ0v) is 10.8. The van der Waals surface area contributed by atoms with E-state index in [0.29, 0.717) is 13.0 Å². The number of benzene rings is 1. The van der Waals surface area contributed by atoms with Gasteiger partial charge in [0.25, 0.3) is 0 Å². The van der Waals surface area contributed by atoms with Gasteiger partial charge in [0.2, 0.25) is 5.91 Å². The minimum atomic E-state index is 0.0873. The van der Waals surface area contributed by atoms with E-state index in [1.54, 1.807) is 4.68 Å². The Bertz CT molecular complexity index is 645. The largest absolute Gasteiger partial charge is 0.326 e. The number of nitrogens with one attached hydrogen (secondary N) is 1. The number of amides is 1. The number of carbonyl (C=O) groups is 1.